The fraction of sp³-hybridized carbons (Fsp3) is 0.0370. The zero-order valence-electron chi connectivity index (χ0n) is 19.1. The minimum Gasteiger partial charge on any atom is -0.457 e. The van der Waals surface area contributed by atoms with E-state index in [1.807, 2.05) is 0 Å². The number of halogens is 1. The molecule has 5 aromatic rings. The van der Waals surface area contributed by atoms with Crippen LogP contribution >= 0.6 is 0 Å². The van der Waals surface area contributed by atoms with Crippen molar-refractivity contribution in [2.24, 2.45) is 0 Å². The number of amides is 1. The molecule has 0 aliphatic heterocycles. The normalized spacial score (nSPS) is 10.6. The van der Waals surface area contributed by atoms with Crippen LogP contribution in [0.3, 0.4) is 0 Å². The summed E-state index contributed by atoms with van der Waals surface area (Å²) in [4.78, 5) is 25.5. The summed E-state index contributed by atoms with van der Waals surface area (Å²) in [6, 6.07) is 21.0. The molecule has 0 aliphatic carbocycles. The van der Waals surface area contributed by atoms with E-state index in [0.29, 0.717) is 46.0 Å². The molecular weight excluding hydrogens is 461 g/mol. The molecule has 0 aliphatic rings. The molecule has 2 heterocycles. The van der Waals surface area contributed by atoms with Crippen molar-refractivity contribution in [2.75, 3.05) is 5.32 Å². The second kappa shape index (κ2) is 10.1. The second-order valence-electron chi connectivity index (χ2n) is 7.75. The van der Waals surface area contributed by atoms with Gasteiger partial charge in [-0.1, -0.05) is 6.07 Å². The van der Waals surface area contributed by atoms with Crippen LogP contribution in [-0.4, -0.2) is 25.4 Å². The summed E-state index contributed by atoms with van der Waals surface area (Å²) >= 11 is 0. The van der Waals surface area contributed by atoms with Crippen LogP contribution < -0.4 is 14.8 Å². The van der Waals surface area contributed by atoms with Crippen LogP contribution in [0, 0.1) is 12.7 Å². The first kappa shape index (κ1) is 22.7. The lowest BCUT2D eigenvalue weighted by Gasteiger charge is -2.10. The first-order valence-corrected chi connectivity index (χ1v) is 11.0. The molecule has 0 saturated carbocycles. The number of hydrogen-bond donors (Lipinski definition) is 1. The molecular formula is C27H20FN5O3. The predicted molar refractivity (Wildman–Crippen MR) is 131 cm³/mol. The molecule has 1 amide bonds. The fourth-order valence-electron chi connectivity index (χ4n) is 3.37. The number of benzene rings is 3. The maximum Gasteiger partial charge on any atom is 0.255 e. The molecule has 2 aromatic heterocycles. The molecule has 36 heavy (non-hydrogen) atoms. The van der Waals surface area contributed by atoms with Crippen molar-refractivity contribution in [3.63, 3.8) is 0 Å². The fourth-order valence-corrected chi connectivity index (χ4v) is 3.37. The van der Waals surface area contributed by atoms with Crippen LogP contribution in [0.15, 0.2) is 97.6 Å². The number of nitrogens with one attached hydrogen (secondary N) is 1. The van der Waals surface area contributed by atoms with Gasteiger partial charge in [-0.05, 0) is 73.7 Å². The highest BCUT2D eigenvalue weighted by Gasteiger charge is 2.10. The van der Waals surface area contributed by atoms with Crippen LogP contribution in [0.5, 0.6) is 23.1 Å². The topological polar surface area (TPSA) is 91.2 Å². The lowest BCUT2D eigenvalue weighted by Crippen LogP contribution is -2.11. The Bertz CT molecular complexity index is 1490. The molecule has 0 spiro atoms. The van der Waals surface area contributed by atoms with Gasteiger partial charge in [0.15, 0.2) is 0 Å². The number of imidazole rings is 1. The highest BCUT2D eigenvalue weighted by atomic mass is 19.1. The van der Waals surface area contributed by atoms with Crippen molar-refractivity contribution in [1.29, 1.82) is 0 Å². The van der Waals surface area contributed by atoms with E-state index in [1.165, 1.54) is 24.3 Å². The third-order valence-electron chi connectivity index (χ3n) is 5.05. The van der Waals surface area contributed by atoms with E-state index in [9.17, 15) is 9.18 Å². The van der Waals surface area contributed by atoms with Crippen molar-refractivity contribution in [1.82, 2.24) is 19.5 Å². The van der Waals surface area contributed by atoms with E-state index < -0.39 is 0 Å². The monoisotopic (exact) mass is 481 g/mol. The van der Waals surface area contributed by atoms with Crippen LogP contribution in [0.4, 0.5) is 10.1 Å². The number of rotatable bonds is 7. The number of carbonyl (C=O) groups excluding carboxylic acids is 1. The third-order valence-corrected chi connectivity index (χ3v) is 5.05. The first-order chi connectivity index (χ1) is 17.5. The van der Waals surface area contributed by atoms with Crippen molar-refractivity contribution >= 4 is 11.6 Å². The van der Waals surface area contributed by atoms with Crippen molar-refractivity contribution in [2.45, 2.75) is 6.92 Å². The van der Waals surface area contributed by atoms with Crippen LogP contribution in [-0.2, 0) is 0 Å². The summed E-state index contributed by atoms with van der Waals surface area (Å²) < 4.78 is 26.5. The van der Waals surface area contributed by atoms with E-state index in [1.54, 1.807) is 84.8 Å². The van der Waals surface area contributed by atoms with Gasteiger partial charge in [0.25, 0.3) is 5.91 Å². The number of ether oxygens (including phenoxy) is 2. The highest BCUT2D eigenvalue weighted by molar-refractivity contribution is 6.04. The number of carbonyl (C=O) groups is 1. The van der Waals surface area contributed by atoms with E-state index >= 15 is 0 Å². The standard InChI is InChI=1S/C27H20FN5O3/c1-18-30-25(33-14-13-29-17-33)16-26(31-18)36-23-11-7-21(8-12-23)32-27(34)19-3-2-4-24(15-19)35-22-9-5-20(28)6-10-22/h2-17H,1H3,(H,32,34). The Morgan fingerprint density at radius 2 is 1.64 bits per heavy atom. The minimum atomic E-state index is -0.349. The zero-order valence-corrected chi connectivity index (χ0v) is 19.1. The van der Waals surface area contributed by atoms with Crippen LogP contribution in [0.1, 0.15) is 16.2 Å². The first-order valence-electron chi connectivity index (χ1n) is 11.0. The Balaban J connectivity index is 1.24. The highest BCUT2D eigenvalue weighted by Crippen LogP contribution is 2.25. The Labute approximate surface area is 206 Å². The van der Waals surface area contributed by atoms with Crippen molar-refractivity contribution in [3.8, 4) is 28.9 Å². The van der Waals surface area contributed by atoms with E-state index in [-0.39, 0.29) is 11.7 Å². The maximum atomic E-state index is 13.1. The van der Waals surface area contributed by atoms with Crippen LogP contribution in [0.2, 0.25) is 0 Å². The van der Waals surface area contributed by atoms with Crippen molar-refractivity contribution < 1.29 is 18.7 Å². The molecule has 9 heteroatoms. The van der Waals surface area contributed by atoms with Gasteiger partial charge in [-0.25, -0.2) is 14.4 Å². The summed E-state index contributed by atoms with van der Waals surface area (Å²) in [5, 5.41) is 2.85. The molecule has 5 rings (SSSR count). The number of anilines is 1. The van der Waals surface area contributed by atoms with Gasteiger partial charge in [0.05, 0.1) is 0 Å². The summed E-state index contributed by atoms with van der Waals surface area (Å²) in [6.45, 7) is 1.78. The van der Waals surface area contributed by atoms with Gasteiger partial charge in [0.1, 0.15) is 41.0 Å². The molecule has 0 fully saturated rings. The Morgan fingerprint density at radius 1 is 0.889 bits per heavy atom. The number of aromatic nitrogens is 4. The average molecular weight is 481 g/mol. The second-order valence-corrected chi connectivity index (χ2v) is 7.75. The molecule has 1 N–H and O–H groups in total. The lowest BCUT2D eigenvalue weighted by atomic mass is 10.2. The van der Waals surface area contributed by atoms with Gasteiger partial charge in [-0.15, -0.1) is 0 Å². The van der Waals surface area contributed by atoms with Gasteiger partial charge in [0.2, 0.25) is 5.88 Å². The summed E-state index contributed by atoms with van der Waals surface area (Å²) in [6.07, 6.45) is 5.10. The van der Waals surface area contributed by atoms with Gasteiger partial charge >= 0.3 is 0 Å². The zero-order chi connectivity index (χ0) is 24.9. The summed E-state index contributed by atoms with van der Waals surface area (Å²) in [7, 11) is 0. The van der Waals surface area contributed by atoms with Gasteiger partial charge in [-0.3, -0.25) is 9.36 Å². The van der Waals surface area contributed by atoms with E-state index in [2.05, 4.69) is 20.3 Å². The molecule has 0 atom stereocenters. The van der Waals surface area contributed by atoms with Crippen molar-refractivity contribution in [3.05, 3.63) is 115 Å². The lowest BCUT2D eigenvalue weighted by molar-refractivity contribution is 0.102. The van der Waals surface area contributed by atoms with E-state index in [0.717, 1.165) is 0 Å². The molecule has 0 saturated heterocycles. The van der Waals surface area contributed by atoms with Crippen LogP contribution in [0.25, 0.3) is 5.82 Å². The predicted octanol–water partition coefficient (Wildman–Crippen LogP) is 5.95. The Kier molecular flexibility index (Phi) is 6.35. The number of aryl methyl sites for hydroxylation is 1. The van der Waals surface area contributed by atoms with Gasteiger partial charge in [0, 0.05) is 29.7 Å². The summed E-state index contributed by atoms with van der Waals surface area (Å²) in [5.74, 6) is 2.44. The number of nitrogens with zero attached hydrogens (tertiary/aromatic N) is 4. The van der Waals surface area contributed by atoms with Gasteiger partial charge in [-0.2, -0.15) is 4.98 Å². The molecule has 8 nitrogen and oxygen atoms in total. The van der Waals surface area contributed by atoms with Gasteiger partial charge < -0.3 is 14.8 Å². The average Bonchev–Trinajstić information content (AvgIpc) is 3.42. The molecule has 0 radical (unpaired) electrons. The number of hydrogen-bond acceptors (Lipinski definition) is 6. The Hall–Kier alpha value is -5.05. The molecule has 0 bridgehead atoms. The minimum absolute atomic E-state index is 0.301. The third kappa shape index (κ3) is 5.53. The smallest absolute Gasteiger partial charge is 0.255 e. The molecule has 178 valence electrons. The molecule has 3 aromatic carbocycles. The summed E-state index contributed by atoms with van der Waals surface area (Å²) in [5.41, 5.74) is 1.01. The quantitative estimate of drug-likeness (QED) is 0.309. The SMILES string of the molecule is Cc1nc(Oc2ccc(NC(=O)c3cccc(Oc4ccc(F)cc4)c3)cc2)cc(-n2ccnc2)n1. The molecule has 0 unspecified atom stereocenters. The largest absolute Gasteiger partial charge is 0.457 e. The maximum absolute atomic E-state index is 13.1. The van der Waals surface area contributed by atoms with E-state index in [4.69, 9.17) is 9.47 Å². The Morgan fingerprint density at radius 3 is 2.39 bits per heavy atom.